The number of aryl methyl sites for hydroxylation is 2. The Balaban J connectivity index is 1.50. The fourth-order valence-electron chi connectivity index (χ4n) is 6.12. The van der Waals surface area contributed by atoms with Gasteiger partial charge in [-0.05, 0) is 84.7 Å². The molecule has 0 spiro atoms. The van der Waals surface area contributed by atoms with Gasteiger partial charge in [-0.25, -0.2) is 4.57 Å². The van der Waals surface area contributed by atoms with E-state index < -0.39 is 0 Å². The van der Waals surface area contributed by atoms with Gasteiger partial charge in [0.2, 0.25) is 5.69 Å². The van der Waals surface area contributed by atoms with Gasteiger partial charge in [0.1, 0.15) is 12.6 Å². The van der Waals surface area contributed by atoms with Crippen LogP contribution in [0.4, 0.5) is 0 Å². The largest absolute Gasteiger partial charge is 0.464 e. The van der Waals surface area contributed by atoms with Crippen LogP contribution in [-0.4, -0.2) is 0 Å². The van der Waals surface area contributed by atoms with E-state index in [0.717, 1.165) is 23.3 Å². The third-order valence-electron chi connectivity index (χ3n) is 7.69. The predicted molar refractivity (Wildman–Crippen MR) is 118 cm³/mol. The number of fused-ring (bicyclic) bond motifs is 5. The molecule has 0 radical (unpaired) electrons. The summed E-state index contributed by atoms with van der Waals surface area (Å²) in [5, 5.41) is 3.86. The SMILES string of the molecule is Cc1cc2ccoc2cc1-c1c2ccc(C3CC4CCC3CC4)cc2cc[n+]1C. The lowest BCUT2D eigenvalue weighted by Gasteiger charge is -2.42. The molecule has 0 amide bonds. The number of furan rings is 1. The molecular formula is C27H28NO+. The van der Waals surface area contributed by atoms with Crippen LogP contribution < -0.4 is 4.57 Å². The minimum absolute atomic E-state index is 0.769. The molecule has 3 saturated carbocycles. The molecule has 2 heterocycles. The molecular weight excluding hydrogens is 354 g/mol. The maximum absolute atomic E-state index is 5.70. The summed E-state index contributed by atoms with van der Waals surface area (Å²) in [6.07, 6.45) is 11.2. The fraction of sp³-hybridized carbons (Fsp3) is 0.370. The average molecular weight is 383 g/mol. The van der Waals surface area contributed by atoms with Crippen molar-refractivity contribution in [1.82, 2.24) is 0 Å². The molecule has 2 aromatic carbocycles. The topological polar surface area (TPSA) is 17.0 Å². The number of aromatic nitrogens is 1. The molecule has 3 aliphatic rings. The third-order valence-corrected chi connectivity index (χ3v) is 7.69. The van der Waals surface area contributed by atoms with Crippen LogP contribution in [0.25, 0.3) is 33.0 Å². The summed E-state index contributed by atoms with van der Waals surface area (Å²) in [4.78, 5) is 0. The van der Waals surface area contributed by atoms with Crippen LogP contribution in [-0.2, 0) is 7.05 Å². The molecule has 3 fully saturated rings. The minimum atomic E-state index is 0.769. The van der Waals surface area contributed by atoms with E-state index in [-0.39, 0.29) is 0 Å². The highest BCUT2D eigenvalue weighted by atomic mass is 16.3. The first-order chi connectivity index (χ1) is 14.2. The number of rotatable bonds is 2. The van der Waals surface area contributed by atoms with E-state index in [1.807, 2.05) is 6.07 Å². The van der Waals surface area contributed by atoms with E-state index in [1.54, 1.807) is 11.8 Å². The summed E-state index contributed by atoms with van der Waals surface area (Å²) in [6.45, 7) is 2.20. The smallest absolute Gasteiger partial charge is 0.220 e. The second kappa shape index (κ2) is 6.45. The number of benzene rings is 2. The van der Waals surface area contributed by atoms with Crippen LogP contribution in [0.5, 0.6) is 0 Å². The third kappa shape index (κ3) is 2.73. The van der Waals surface area contributed by atoms with Crippen molar-refractivity contribution in [3.63, 3.8) is 0 Å². The van der Waals surface area contributed by atoms with Gasteiger partial charge in [0.25, 0.3) is 0 Å². The van der Waals surface area contributed by atoms with E-state index in [1.165, 1.54) is 65.1 Å². The van der Waals surface area contributed by atoms with Gasteiger partial charge in [-0.15, -0.1) is 0 Å². The molecule has 2 nitrogen and oxygen atoms in total. The standard InChI is InChI=1S/C27H28NO/c1-17-13-22-10-12-29-26(22)16-24(17)27-23-8-7-20(15-21(23)9-11-28(27)2)25-14-18-3-5-19(25)6-4-18/h7-13,15-16,18-19,25H,3-6,14H2,1-2H3/q+1. The van der Waals surface area contributed by atoms with Crippen LogP contribution in [0.2, 0.25) is 0 Å². The molecule has 2 heteroatoms. The van der Waals surface area contributed by atoms with Crippen molar-refractivity contribution < 1.29 is 8.98 Å². The van der Waals surface area contributed by atoms with Crippen molar-refractivity contribution >= 4 is 21.7 Å². The number of nitrogens with zero attached hydrogens (tertiary/aromatic N) is 1. The summed E-state index contributed by atoms with van der Waals surface area (Å²) in [6, 6.07) is 16.0. The monoisotopic (exact) mass is 382 g/mol. The second-order valence-electron chi connectivity index (χ2n) is 9.37. The average Bonchev–Trinajstić information content (AvgIpc) is 3.21. The van der Waals surface area contributed by atoms with Crippen LogP contribution in [0.3, 0.4) is 0 Å². The molecule has 1 unspecified atom stereocenters. The molecule has 2 aromatic heterocycles. The van der Waals surface area contributed by atoms with Gasteiger partial charge in [-0.1, -0.05) is 25.0 Å². The highest BCUT2D eigenvalue weighted by molar-refractivity contribution is 5.96. The molecule has 3 aliphatic carbocycles. The maximum Gasteiger partial charge on any atom is 0.220 e. The van der Waals surface area contributed by atoms with Crippen LogP contribution >= 0.6 is 0 Å². The Morgan fingerprint density at radius 2 is 1.79 bits per heavy atom. The first-order valence-corrected chi connectivity index (χ1v) is 11.1. The number of hydrogen-bond acceptors (Lipinski definition) is 1. The molecule has 2 bridgehead atoms. The molecule has 0 saturated heterocycles. The second-order valence-corrected chi connectivity index (χ2v) is 9.37. The summed E-state index contributed by atoms with van der Waals surface area (Å²) < 4.78 is 7.96. The van der Waals surface area contributed by atoms with E-state index in [2.05, 4.69) is 61.1 Å². The van der Waals surface area contributed by atoms with Crippen LogP contribution in [0, 0.1) is 18.8 Å². The van der Waals surface area contributed by atoms with Gasteiger partial charge in [0, 0.05) is 11.5 Å². The van der Waals surface area contributed by atoms with Gasteiger partial charge in [-0.2, -0.15) is 0 Å². The molecule has 1 atom stereocenters. The summed E-state index contributed by atoms with van der Waals surface area (Å²) in [7, 11) is 2.15. The zero-order chi connectivity index (χ0) is 19.5. The quantitative estimate of drug-likeness (QED) is 0.353. The Morgan fingerprint density at radius 3 is 2.59 bits per heavy atom. The van der Waals surface area contributed by atoms with Gasteiger partial charge in [0.15, 0.2) is 6.20 Å². The van der Waals surface area contributed by atoms with Crippen molar-refractivity contribution in [1.29, 1.82) is 0 Å². The lowest BCUT2D eigenvalue weighted by atomic mass is 9.63. The van der Waals surface area contributed by atoms with Crippen molar-refractivity contribution in [2.24, 2.45) is 18.9 Å². The van der Waals surface area contributed by atoms with E-state index in [4.69, 9.17) is 4.42 Å². The van der Waals surface area contributed by atoms with Crippen molar-refractivity contribution in [3.05, 3.63) is 66.1 Å². The molecule has 146 valence electrons. The Labute approximate surface area is 172 Å². The summed E-state index contributed by atoms with van der Waals surface area (Å²) in [5.74, 6) is 2.64. The predicted octanol–water partition coefficient (Wildman–Crippen LogP) is 6.68. The fourth-order valence-corrected chi connectivity index (χ4v) is 6.12. The molecule has 7 rings (SSSR count). The van der Waals surface area contributed by atoms with E-state index in [0.29, 0.717) is 0 Å². The van der Waals surface area contributed by atoms with Crippen molar-refractivity contribution in [3.8, 4) is 11.3 Å². The maximum atomic E-state index is 5.70. The van der Waals surface area contributed by atoms with E-state index in [9.17, 15) is 0 Å². The first kappa shape index (κ1) is 17.3. The van der Waals surface area contributed by atoms with Gasteiger partial charge < -0.3 is 4.42 Å². The number of pyridine rings is 1. The van der Waals surface area contributed by atoms with Crippen LogP contribution in [0.15, 0.2) is 59.3 Å². The number of hydrogen-bond donors (Lipinski definition) is 0. The van der Waals surface area contributed by atoms with Gasteiger partial charge in [-0.3, -0.25) is 0 Å². The van der Waals surface area contributed by atoms with Crippen LogP contribution in [0.1, 0.15) is 49.1 Å². The van der Waals surface area contributed by atoms with Gasteiger partial charge >= 0.3 is 0 Å². The summed E-state index contributed by atoms with van der Waals surface area (Å²) >= 11 is 0. The normalized spacial score (nSPS) is 23.9. The Bertz CT molecular complexity index is 1230. The lowest BCUT2D eigenvalue weighted by Crippen LogP contribution is -2.31. The molecule has 29 heavy (non-hydrogen) atoms. The highest BCUT2D eigenvalue weighted by Crippen LogP contribution is 2.50. The first-order valence-electron chi connectivity index (χ1n) is 11.1. The zero-order valence-electron chi connectivity index (χ0n) is 17.3. The minimum Gasteiger partial charge on any atom is -0.464 e. The Hall–Kier alpha value is -2.61. The lowest BCUT2D eigenvalue weighted by molar-refractivity contribution is -0.659. The Kier molecular flexibility index (Phi) is 3.84. The summed E-state index contributed by atoms with van der Waals surface area (Å²) in [5.41, 5.74) is 6.33. The Morgan fingerprint density at radius 1 is 0.931 bits per heavy atom. The molecule has 0 aliphatic heterocycles. The van der Waals surface area contributed by atoms with Crippen molar-refractivity contribution in [2.75, 3.05) is 0 Å². The van der Waals surface area contributed by atoms with E-state index >= 15 is 0 Å². The zero-order valence-corrected chi connectivity index (χ0v) is 17.3. The molecule has 0 N–H and O–H groups in total. The van der Waals surface area contributed by atoms with Gasteiger partial charge in [0.05, 0.1) is 17.2 Å². The highest BCUT2D eigenvalue weighted by Gasteiger charge is 2.36. The molecule has 4 aromatic rings. The van der Waals surface area contributed by atoms with Crippen molar-refractivity contribution in [2.45, 2.75) is 44.9 Å².